The van der Waals surface area contributed by atoms with Crippen LogP contribution in [0.4, 0.5) is 5.69 Å². The Labute approximate surface area is 136 Å². The van der Waals surface area contributed by atoms with Crippen molar-refractivity contribution in [2.24, 2.45) is 0 Å². The fourth-order valence-electron chi connectivity index (χ4n) is 1.99. The van der Waals surface area contributed by atoms with Crippen molar-refractivity contribution < 1.29 is 4.21 Å². The van der Waals surface area contributed by atoms with Gasteiger partial charge < -0.3 is 4.98 Å². The smallest absolute Gasteiger partial charge is 0.160 e. The molecule has 0 saturated heterocycles. The topological polar surface area (TPSA) is 68.7 Å². The Balaban J connectivity index is 0.000000847. The maximum Gasteiger partial charge on any atom is 0.160 e. The first kappa shape index (κ1) is 16.3. The number of rotatable bonds is 3. The summed E-state index contributed by atoms with van der Waals surface area (Å²) in [5.74, 6) is 0. The summed E-state index contributed by atoms with van der Waals surface area (Å²) in [5.41, 5.74) is 2.11. The van der Waals surface area contributed by atoms with Crippen molar-refractivity contribution in [3.8, 4) is 6.07 Å². The van der Waals surface area contributed by atoms with Gasteiger partial charge in [-0.05, 0) is 25.1 Å². The Morgan fingerprint density at radius 3 is 2.68 bits per heavy atom. The second-order valence-corrected chi connectivity index (χ2v) is 7.01. The van der Waals surface area contributed by atoms with Crippen LogP contribution in [-0.4, -0.2) is 9.19 Å². The van der Waals surface area contributed by atoms with Crippen LogP contribution in [0.2, 0.25) is 0 Å². The van der Waals surface area contributed by atoms with Gasteiger partial charge in [-0.2, -0.15) is 5.26 Å². The van der Waals surface area contributed by atoms with Crippen LogP contribution in [0.5, 0.6) is 0 Å². The fraction of sp³-hybridized carbons (Fsp3) is 0.188. The van der Waals surface area contributed by atoms with Gasteiger partial charge in [0.1, 0.15) is 10.3 Å². The van der Waals surface area contributed by atoms with Crippen molar-refractivity contribution in [3.05, 3.63) is 47.0 Å². The van der Waals surface area contributed by atoms with Gasteiger partial charge in [-0.3, -0.25) is 4.72 Å². The van der Waals surface area contributed by atoms with E-state index in [0.29, 0.717) is 5.56 Å². The van der Waals surface area contributed by atoms with Crippen LogP contribution < -0.4 is 4.72 Å². The molecule has 0 aliphatic carbocycles. The number of aromatic amines is 1. The number of benzene rings is 1. The van der Waals surface area contributed by atoms with Crippen LogP contribution in [0.1, 0.15) is 24.3 Å². The summed E-state index contributed by atoms with van der Waals surface area (Å²) in [4.78, 5) is 4.18. The van der Waals surface area contributed by atoms with Crippen molar-refractivity contribution in [1.29, 1.82) is 5.26 Å². The molecule has 0 bridgehead atoms. The summed E-state index contributed by atoms with van der Waals surface area (Å²) in [6.07, 6.45) is 1.66. The molecule has 1 atom stereocenters. The first-order chi connectivity index (χ1) is 10.7. The molecule has 1 unspecified atom stereocenters. The van der Waals surface area contributed by atoms with E-state index in [2.05, 4.69) is 15.8 Å². The number of fused-ring (bicyclic) bond motifs is 1. The SMILES string of the molecule is CC.Cc1ccc(S(=O)Nc2cccc3c(C#N)c[nH]c23)s1. The zero-order valence-electron chi connectivity index (χ0n) is 12.6. The number of nitrogens with zero attached hydrogens (tertiary/aromatic N) is 1. The van der Waals surface area contributed by atoms with Gasteiger partial charge in [-0.25, -0.2) is 4.21 Å². The molecule has 2 aromatic heterocycles. The van der Waals surface area contributed by atoms with Crippen molar-refractivity contribution >= 4 is 38.9 Å². The van der Waals surface area contributed by atoms with Gasteiger partial charge in [0.15, 0.2) is 11.0 Å². The molecule has 0 fully saturated rings. The lowest BCUT2D eigenvalue weighted by molar-refractivity contribution is 0.687. The van der Waals surface area contributed by atoms with Gasteiger partial charge in [0.25, 0.3) is 0 Å². The molecular formula is C16H17N3OS2. The molecule has 6 heteroatoms. The third kappa shape index (κ3) is 3.21. The Hall–Kier alpha value is -2.10. The van der Waals surface area contributed by atoms with Crippen LogP contribution in [0, 0.1) is 18.3 Å². The van der Waals surface area contributed by atoms with Gasteiger partial charge in [0.2, 0.25) is 0 Å². The number of anilines is 1. The summed E-state index contributed by atoms with van der Waals surface area (Å²) < 4.78 is 16.1. The Kier molecular flexibility index (Phi) is 5.36. The van der Waals surface area contributed by atoms with Crippen molar-refractivity contribution in [3.63, 3.8) is 0 Å². The average Bonchev–Trinajstić information content (AvgIpc) is 3.16. The van der Waals surface area contributed by atoms with Crippen LogP contribution in [0.15, 0.2) is 40.7 Å². The number of nitriles is 1. The molecule has 0 spiro atoms. The third-order valence-corrected chi connectivity index (χ3v) is 5.34. The van der Waals surface area contributed by atoms with Crippen molar-refractivity contribution in [1.82, 2.24) is 4.98 Å². The number of thiophene rings is 1. The van der Waals surface area contributed by atoms with E-state index in [4.69, 9.17) is 5.26 Å². The van der Waals surface area contributed by atoms with Crippen molar-refractivity contribution in [2.45, 2.75) is 25.0 Å². The van der Waals surface area contributed by atoms with E-state index in [1.54, 1.807) is 6.20 Å². The molecule has 22 heavy (non-hydrogen) atoms. The lowest BCUT2D eigenvalue weighted by atomic mass is 10.2. The number of hydrogen-bond acceptors (Lipinski definition) is 3. The predicted octanol–water partition coefficient (Wildman–Crippen LogP) is 4.57. The molecule has 2 N–H and O–H groups in total. The minimum absolute atomic E-state index is 0.585. The van der Waals surface area contributed by atoms with Crippen LogP contribution >= 0.6 is 11.3 Å². The molecule has 0 aliphatic heterocycles. The van der Waals surface area contributed by atoms with E-state index in [9.17, 15) is 4.21 Å². The van der Waals surface area contributed by atoms with Gasteiger partial charge in [0, 0.05) is 16.5 Å². The normalized spacial score (nSPS) is 11.4. The molecule has 1 aromatic carbocycles. The third-order valence-electron chi connectivity index (χ3n) is 2.94. The number of aromatic nitrogens is 1. The highest BCUT2D eigenvalue weighted by molar-refractivity contribution is 7.88. The number of H-pyrrole nitrogens is 1. The summed E-state index contributed by atoms with van der Waals surface area (Å²) in [5, 5.41) is 9.86. The molecule has 4 nitrogen and oxygen atoms in total. The Morgan fingerprint density at radius 1 is 1.27 bits per heavy atom. The maximum atomic E-state index is 12.3. The summed E-state index contributed by atoms with van der Waals surface area (Å²) in [6, 6.07) is 11.5. The lowest BCUT2D eigenvalue weighted by Gasteiger charge is -2.05. The average molecular weight is 331 g/mol. The highest BCUT2D eigenvalue weighted by Crippen LogP contribution is 2.27. The minimum atomic E-state index is -1.30. The standard InChI is InChI=1S/C14H11N3OS2.C2H6/c1-9-5-6-13(19-9)20(18)17-12-4-2-3-11-10(7-15)8-16-14(11)12;1-2/h2-6,8,16-17H,1H3;1-2H3. The zero-order chi connectivity index (χ0) is 16.1. The zero-order valence-corrected chi connectivity index (χ0v) is 14.3. The van der Waals surface area contributed by atoms with Gasteiger partial charge in [-0.1, -0.05) is 26.0 Å². The summed E-state index contributed by atoms with van der Waals surface area (Å²) >= 11 is 1.50. The van der Waals surface area contributed by atoms with E-state index < -0.39 is 11.0 Å². The predicted molar refractivity (Wildman–Crippen MR) is 93.4 cm³/mol. The van der Waals surface area contributed by atoms with Gasteiger partial charge in [0.05, 0.1) is 16.8 Å². The lowest BCUT2D eigenvalue weighted by Crippen LogP contribution is -2.03. The highest BCUT2D eigenvalue weighted by Gasteiger charge is 2.11. The van der Waals surface area contributed by atoms with Crippen LogP contribution in [-0.2, 0) is 11.0 Å². The van der Waals surface area contributed by atoms with Crippen LogP contribution in [0.3, 0.4) is 0 Å². The molecule has 0 saturated carbocycles. The van der Waals surface area contributed by atoms with E-state index in [1.807, 2.05) is 51.1 Å². The van der Waals surface area contributed by atoms with Crippen molar-refractivity contribution in [2.75, 3.05) is 4.72 Å². The number of hydrogen-bond donors (Lipinski definition) is 2. The van der Waals surface area contributed by atoms with E-state index in [1.165, 1.54) is 11.3 Å². The first-order valence-corrected chi connectivity index (χ1v) is 8.91. The van der Waals surface area contributed by atoms with Gasteiger partial charge in [-0.15, -0.1) is 11.3 Å². The number of nitrogens with one attached hydrogen (secondary N) is 2. The number of aryl methyl sites for hydroxylation is 1. The molecule has 3 aromatic rings. The van der Waals surface area contributed by atoms with Gasteiger partial charge >= 0.3 is 0 Å². The molecule has 3 rings (SSSR count). The summed E-state index contributed by atoms with van der Waals surface area (Å²) in [6.45, 7) is 5.98. The largest absolute Gasteiger partial charge is 0.358 e. The quantitative estimate of drug-likeness (QED) is 0.738. The monoisotopic (exact) mass is 331 g/mol. The molecule has 0 aliphatic rings. The fourth-order valence-corrected chi connectivity index (χ4v) is 4.07. The number of para-hydroxylation sites is 1. The first-order valence-electron chi connectivity index (χ1n) is 6.94. The highest BCUT2D eigenvalue weighted by atomic mass is 32.2. The molecule has 114 valence electrons. The molecule has 0 radical (unpaired) electrons. The maximum absolute atomic E-state index is 12.3. The van der Waals surface area contributed by atoms with E-state index >= 15 is 0 Å². The molecule has 2 heterocycles. The summed E-state index contributed by atoms with van der Waals surface area (Å²) in [7, 11) is -1.30. The second-order valence-electron chi connectivity index (χ2n) is 4.28. The van der Waals surface area contributed by atoms with Crippen LogP contribution in [0.25, 0.3) is 10.9 Å². The minimum Gasteiger partial charge on any atom is -0.358 e. The Morgan fingerprint density at radius 2 is 2.05 bits per heavy atom. The molecule has 0 amide bonds. The second kappa shape index (κ2) is 7.25. The Bertz CT molecular complexity index is 843. The van der Waals surface area contributed by atoms with E-state index in [0.717, 1.165) is 25.7 Å². The van der Waals surface area contributed by atoms with E-state index in [-0.39, 0.29) is 0 Å². The molecular weight excluding hydrogens is 314 g/mol.